The molecule has 0 N–H and O–H groups in total. The highest BCUT2D eigenvalue weighted by atomic mass is 16.2. The van der Waals surface area contributed by atoms with Gasteiger partial charge in [0, 0.05) is 68.7 Å². The zero-order valence-corrected chi connectivity index (χ0v) is 29.9. The topological polar surface area (TPSA) is 123 Å². The molecule has 1 fully saturated rings. The normalized spacial score (nSPS) is 17.0. The zero-order chi connectivity index (χ0) is 35.5. The Morgan fingerprint density at radius 1 is 0.830 bits per heavy atom. The molecule has 1 aliphatic heterocycles. The van der Waals surface area contributed by atoms with Gasteiger partial charge < -0.3 is 4.90 Å². The van der Waals surface area contributed by atoms with Crippen LogP contribution in [0.15, 0.2) is 30.3 Å². The summed E-state index contributed by atoms with van der Waals surface area (Å²) in [5.41, 5.74) is 0.270. The molecule has 1 aromatic carbocycles. The summed E-state index contributed by atoms with van der Waals surface area (Å²) in [6, 6.07) is 8.41. The monoisotopic (exact) mass is 651 g/mol. The smallest absolute Gasteiger partial charge is 0.227 e. The third kappa shape index (κ3) is 12.0. The van der Waals surface area contributed by atoms with E-state index < -0.39 is 40.8 Å². The average Bonchev–Trinajstić information content (AvgIpc) is 3.50. The van der Waals surface area contributed by atoms with Crippen LogP contribution < -0.4 is 0 Å². The van der Waals surface area contributed by atoms with E-state index in [1.165, 1.54) is 0 Å². The molecule has 0 radical (unpaired) electrons. The standard InChI is InChI=1S/C39H57NO7/c1-9-14-28(37(46)34(43)19-18-29(41)23-31(36(45)26(4)5)27-15-11-10-12-16-27)22-35(44)33-17-13-20-40(33)38(47)32(39(6,7)8)24-30(42)21-25(2)3/h10-12,15-16,25-26,28,31-33H,9,13-14,17-24H2,1-8H3/t28?,31-,32+,33-/m0/s1. The van der Waals surface area contributed by atoms with Crippen LogP contribution in [0.5, 0.6) is 0 Å². The highest BCUT2D eigenvalue weighted by Gasteiger charge is 2.42. The minimum atomic E-state index is -0.821. The Morgan fingerprint density at radius 3 is 2.02 bits per heavy atom. The number of likely N-dealkylation sites (tertiary alicyclic amines) is 1. The van der Waals surface area contributed by atoms with Crippen LogP contribution in [0.1, 0.15) is 131 Å². The summed E-state index contributed by atoms with van der Waals surface area (Å²) in [7, 11) is 0. The second-order valence-corrected chi connectivity index (χ2v) is 15.2. The number of hydrogen-bond acceptors (Lipinski definition) is 7. The van der Waals surface area contributed by atoms with E-state index in [0.29, 0.717) is 38.6 Å². The fraction of sp³-hybridized carbons (Fsp3) is 0.667. The third-order valence-corrected chi connectivity index (χ3v) is 9.23. The SMILES string of the molecule is CCCC(CC(=O)[C@@H]1CCCN1C(=O)[C@@H](CC(=O)CC(C)C)C(C)(C)C)C(=O)C(=O)CCC(=O)C[C@H](C(=O)C(C)C)c1ccccc1. The van der Waals surface area contributed by atoms with Crippen LogP contribution in [0.25, 0.3) is 0 Å². The van der Waals surface area contributed by atoms with Crippen molar-refractivity contribution >= 4 is 40.6 Å². The van der Waals surface area contributed by atoms with Crippen LogP contribution >= 0.6 is 0 Å². The van der Waals surface area contributed by atoms with Gasteiger partial charge in [-0.05, 0) is 36.2 Å². The van der Waals surface area contributed by atoms with Crippen LogP contribution in [0.4, 0.5) is 0 Å². The summed E-state index contributed by atoms with van der Waals surface area (Å²) in [4.78, 5) is 94.0. The van der Waals surface area contributed by atoms with Crippen molar-refractivity contribution in [2.45, 2.75) is 132 Å². The van der Waals surface area contributed by atoms with Gasteiger partial charge in [0.1, 0.15) is 17.3 Å². The number of Topliss-reactive ketones (excluding diaryl/α,β-unsaturated/α-hetero) is 6. The molecule has 1 aliphatic rings. The number of amides is 1. The predicted octanol–water partition coefficient (Wildman–Crippen LogP) is 6.91. The van der Waals surface area contributed by atoms with Gasteiger partial charge in [-0.1, -0.05) is 92.1 Å². The van der Waals surface area contributed by atoms with Gasteiger partial charge in [-0.25, -0.2) is 0 Å². The molecule has 1 aromatic rings. The van der Waals surface area contributed by atoms with Crippen molar-refractivity contribution in [3.05, 3.63) is 35.9 Å². The molecular formula is C39H57NO7. The third-order valence-electron chi connectivity index (χ3n) is 9.23. The number of rotatable bonds is 20. The molecule has 8 heteroatoms. The molecule has 0 spiro atoms. The molecule has 0 aliphatic carbocycles. The Bertz CT molecular complexity index is 1270. The van der Waals surface area contributed by atoms with Crippen LogP contribution in [0, 0.1) is 29.1 Å². The molecule has 47 heavy (non-hydrogen) atoms. The maximum atomic E-state index is 13.8. The van der Waals surface area contributed by atoms with Gasteiger partial charge in [0.15, 0.2) is 11.6 Å². The van der Waals surface area contributed by atoms with E-state index in [1.807, 2.05) is 71.9 Å². The summed E-state index contributed by atoms with van der Waals surface area (Å²) >= 11 is 0. The summed E-state index contributed by atoms with van der Waals surface area (Å²) in [5.74, 6) is -4.15. The predicted molar refractivity (Wildman–Crippen MR) is 183 cm³/mol. The lowest BCUT2D eigenvalue weighted by molar-refractivity contribution is -0.146. The van der Waals surface area contributed by atoms with Crippen LogP contribution in [-0.4, -0.2) is 58.1 Å². The van der Waals surface area contributed by atoms with Crippen LogP contribution in [-0.2, 0) is 33.6 Å². The van der Waals surface area contributed by atoms with E-state index >= 15 is 0 Å². The molecule has 0 saturated carbocycles. The molecule has 1 saturated heterocycles. The number of benzene rings is 1. The quantitative estimate of drug-likeness (QED) is 0.140. The fourth-order valence-corrected chi connectivity index (χ4v) is 6.55. The molecule has 8 nitrogen and oxygen atoms in total. The first kappa shape index (κ1) is 39.9. The number of ketones is 6. The average molecular weight is 652 g/mol. The second kappa shape index (κ2) is 18.3. The van der Waals surface area contributed by atoms with Gasteiger partial charge in [0.2, 0.25) is 11.7 Å². The van der Waals surface area contributed by atoms with E-state index in [9.17, 15) is 33.6 Å². The molecule has 0 aromatic heterocycles. The van der Waals surface area contributed by atoms with E-state index in [1.54, 1.807) is 18.7 Å². The van der Waals surface area contributed by atoms with Crippen molar-refractivity contribution < 1.29 is 33.6 Å². The van der Waals surface area contributed by atoms with Crippen molar-refractivity contribution in [3.8, 4) is 0 Å². The van der Waals surface area contributed by atoms with Gasteiger partial charge in [-0.15, -0.1) is 0 Å². The zero-order valence-electron chi connectivity index (χ0n) is 29.9. The minimum absolute atomic E-state index is 0.0306. The Morgan fingerprint density at radius 2 is 1.47 bits per heavy atom. The Hall–Kier alpha value is -3.29. The van der Waals surface area contributed by atoms with Crippen molar-refractivity contribution in [1.29, 1.82) is 0 Å². The van der Waals surface area contributed by atoms with Crippen LogP contribution in [0.3, 0.4) is 0 Å². The van der Waals surface area contributed by atoms with Gasteiger partial charge in [-0.3, -0.25) is 33.6 Å². The minimum Gasteiger partial charge on any atom is -0.332 e. The molecule has 1 amide bonds. The van der Waals surface area contributed by atoms with Gasteiger partial charge in [0.05, 0.1) is 6.04 Å². The van der Waals surface area contributed by atoms with Gasteiger partial charge >= 0.3 is 0 Å². The molecule has 2 rings (SSSR count). The number of nitrogens with zero attached hydrogens (tertiary/aromatic N) is 1. The van der Waals surface area contributed by atoms with E-state index in [0.717, 1.165) is 5.56 Å². The summed E-state index contributed by atoms with van der Waals surface area (Å²) in [6.45, 7) is 15.6. The maximum absolute atomic E-state index is 13.8. The van der Waals surface area contributed by atoms with Crippen molar-refractivity contribution in [1.82, 2.24) is 4.90 Å². The summed E-state index contributed by atoms with van der Waals surface area (Å²) < 4.78 is 0. The van der Waals surface area contributed by atoms with Crippen molar-refractivity contribution in [3.63, 3.8) is 0 Å². The van der Waals surface area contributed by atoms with Crippen LogP contribution in [0.2, 0.25) is 0 Å². The van der Waals surface area contributed by atoms with Gasteiger partial charge in [0.25, 0.3) is 0 Å². The number of carbonyl (C=O) groups is 7. The summed E-state index contributed by atoms with van der Waals surface area (Å²) in [6.07, 6.45) is 1.98. The Labute approximate surface area is 281 Å². The highest BCUT2D eigenvalue weighted by Crippen LogP contribution is 2.35. The molecule has 4 atom stereocenters. The summed E-state index contributed by atoms with van der Waals surface area (Å²) in [5, 5.41) is 0. The maximum Gasteiger partial charge on any atom is 0.227 e. The first-order valence-electron chi connectivity index (χ1n) is 17.5. The van der Waals surface area contributed by atoms with E-state index in [-0.39, 0.29) is 73.0 Å². The molecule has 0 bridgehead atoms. The van der Waals surface area contributed by atoms with Gasteiger partial charge in [-0.2, -0.15) is 0 Å². The largest absolute Gasteiger partial charge is 0.332 e. The lowest BCUT2D eigenvalue weighted by Crippen LogP contribution is -2.47. The Balaban J connectivity index is 2.08. The molecule has 1 heterocycles. The lowest BCUT2D eigenvalue weighted by Gasteiger charge is -2.35. The highest BCUT2D eigenvalue weighted by molar-refractivity contribution is 6.38. The second-order valence-electron chi connectivity index (χ2n) is 15.2. The Kier molecular flexibility index (Phi) is 15.5. The van der Waals surface area contributed by atoms with E-state index in [2.05, 4.69) is 0 Å². The first-order valence-corrected chi connectivity index (χ1v) is 17.5. The number of carbonyl (C=O) groups excluding carboxylic acids is 7. The van der Waals surface area contributed by atoms with E-state index in [4.69, 9.17) is 0 Å². The molecule has 1 unspecified atom stereocenters. The lowest BCUT2D eigenvalue weighted by atomic mass is 9.76. The molecule has 260 valence electrons. The van der Waals surface area contributed by atoms with Crippen molar-refractivity contribution in [2.24, 2.45) is 29.1 Å². The van der Waals surface area contributed by atoms with Crippen molar-refractivity contribution in [2.75, 3.05) is 6.54 Å². The fourth-order valence-electron chi connectivity index (χ4n) is 6.55. The first-order chi connectivity index (χ1) is 22.0. The molecular weight excluding hydrogens is 594 g/mol. The number of hydrogen-bond donors (Lipinski definition) is 0.